The summed E-state index contributed by atoms with van der Waals surface area (Å²) in [6.07, 6.45) is 0. The molecule has 2 nitrogen and oxygen atoms in total. The second-order valence-corrected chi connectivity index (χ2v) is 3.91. The summed E-state index contributed by atoms with van der Waals surface area (Å²) in [6.45, 7) is 1.39. The molecule has 0 aliphatic rings. The molecule has 0 fully saturated rings. The van der Waals surface area contributed by atoms with Gasteiger partial charge in [0.05, 0.1) is 6.61 Å². The van der Waals surface area contributed by atoms with Gasteiger partial charge in [-0.15, -0.1) is 0 Å². The first-order valence-electron chi connectivity index (χ1n) is 5.53. The van der Waals surface area contributed by atoms with Crippen LogP contribution in [0.2, 0.25) is 0 Å². The Morgan fingerprint density at radius 1 is 1.06 bits per heavy atom. The highest BCUT2D eigenvalue weighted by molar-refractivity contribution is 5.97. The van der Waals surface area contributed by atoms with Crippen LogP contribution in [0.4, 0.5) is 0 Å². The number of ketones is 1. The standard InChI is InChI=1S/C15H14O2/c1-11(17)13-8-5-9-14(15(13)10-16)12-6-3-2-4-7-12/h2-9,16H,10H2,1H3. The highest BCUT2D eigenvalue weighted by atomic mass is 16.3. The summed E-state index contributed by atoms with van der Waals surface area (Å²) in [7, 11) is 0. The molecule has 2 rings (SSSR count). The Balaban J connectivity index is 2.63. The van der Waals surface area contributed by atoms with E-state index >= 15 is 0 Å². The summed E-state index contributed by atoms with van der Waals surface area (Å²) in [5.74, 6) is -0.0215. The van der Waals surface area contributed by atoms with Gasteiger partial charge >= 0.3 is 0 Å². The lowest BCUT2D eigenvalue weighted by molar-refractivity contribution is 0.101. The van der Waals surface area contributed by atoms with E-state index < -0.39 is 0 Å². The third-order valence-corrected chi connectivity index (χ3v) is 2.80. The first kappa shape index (κ1) is 11.6. The van der Waals surface area contributed by atoms with Gasteiger partial charge in [0.1, 0.15) is 0 Å². The Bertz CT molecular complexity index is 530. The van der Waals surface area contributed by atoms with Crippen LogP contribution >= 0.6 is 0 Å². The lowest BCUT2D eigenvalue weighted by Crippen LogP contribution is -2.01. The first-order valence-corrected chi connectivity index (χ1v) is 5.53. The van der Waals surface area contributed by atoms with Crippen LogP contribution in [-0.4, -0.2) is 10.9 Å². The van der Waals surface area contributed by atoms with Gasteiger partial charge in [0, 0.05) is 5.56 Å². The number of Topliss-reactive ketones (excluding diaryl/α,β-unsaturated/α-hetero) is 1. The van der Waals surface area contributed by atoms with E-state index in [0.29, 0.717) is 11.1 Å². The number of aliphatic hydroxyl groups excluding tert-OH is 1. The minimum absolute atomic E-state index is 0.0215. The first-order chi connectivity index (χ1) is 8.24. The van der Waals surface area contributed by atoms with Crippen molar-refractivity contribution in [3.8, 4) is 11.1 Å². The summed E-state index contributed by atoms with van der Waals surface area (Å²) in [5.41, 5.74) is 3.22. The maximum absolute atomic E-state index is 11.5. The molecule has 1 N–H and O–H groups in total. The van der Waals surface area contributed by atoms with Crippen LogP contribution in [-0.2, 0) is 6.61 Å². The zero-order chi connectivity index (χ0) is 12.3. The minimum Gasteiger partial charge on any atom is -0.392 e. The van der Waals surface area contributed by atoms with Gasteiger partial charge in [-0.25, -0.2) is 0 Å². The maximum atomic E-state index is 11.5. The van der Waals surface area contributed by atoms with E-state index in [1.54, 1.807) is 6.07 Å². The SMILES string of the molecule is CC(=O)c1cccc(-c2ccccc2)c1CO. The molecule has 0 aliphatic heterocycles. The van der Waals surface area contributed by atoms with Crippen molar-refractivity contribution in [1.29, 1.82) is 0 Å². The van der Waals surface area contributed by atoms with Crippen molar-refractivity contribution in [2.24, 2.45) is 0 Å². The Morgan fingerprint density at radius 2 is 1.76 bits per heavy atom. The number of benzene rings is 2. The number of hydrogen-bond donors (Lipinski definition) is 1. The fourth-order valence-electron chi connectivity index (χ4n) is 1.98. The predicted octanol–water partition coefficient (Wildman–Crippen LogP) is 3.05. The molecule has 0 amide bonds. The number of rotatable bonds is 3. The molecule has 0 atom stereocenters. The predicted molar refractivity (Wildman–Crippen MR) is 67.8 cm³/mol. The van der Waals surface area contributed by atoms with Gasteiger partial charge in [-0.05, 0) is 23.6 Å². The molecule has 0 aliphatic carbocycles. The average molecular weight is 226 g/mol. The summed E-state index contributed by atoms with van der Waals surface area (Å²) in [4.78, 5) is 11.5. The van der Waals surface area contributed by atoms with Gasteiger partial charge in [0.15, 0.2) is 5.78 Å². The summed E-state index contributed by atoms with van der Waals surface area (Å²) in [6, 6.07) is 15.3. The van der Waals surface area contributed by atoms with E-state index in [0.717, 1.165) is 11.1 Å². The van der Waals surface area contributed by atoms with Crippen molar-refractivity contribution in [3.63, 3.8) is 0 Å². The molecule has 2 aromatic carbocycles. The topological polar surface area (TPSA) is 37.3 Å². The maximum Gasteiger partial charge on any atom is 0.160 e. The zero-order valence-corrected chi connectivity index (χ0v) is 9.68. The number of hydrogen-bond acceptors (Lipinski definition) is 2. The average Bonchev–Trinajstić information content (AvgIpc) is 2.38. The van der Waals surface area contributed by atoms with Crippen molar-refractivity contribution in [2.45, 2.75) is 13.5 Å². The monoisotopic (exact) mass is 226 g/mol. The quantitative estimate of drug-likeness (QED) is 0.817. The van der Waals surface area contributed by atoms with Crippen molar-refractivity contribution in [1.82, 2.24) is 0 Å². The van der Waals surface area contributed by atoms with Crippen LogP contribution in [0.25, 0.3) is 11.1 Å². The Morgan fingerprint density at radius 3 is 2.35 bits per heavy atom. The third-order valence-electron chi connectivity index (χ3n) is 2.80. The van der Waals surface area contributed by atoms with E-state index in [1.165, 1.54) is 6.92 Å². The normalized spacial score (nSPS) is 10.2. The fraction of sp³-hybridized carbons (Fsp3) is 0.133. The van der Waals surface area contributed by atoms with Crippen LogP contribution in [0.15, 0.2) is 48.5 Å². The van der Waals surface area contributed by atoms with Gasteiger partial charge in [-0.1, -0.05) is 48.5 Å². The van der Waals surface area contributed by atoms with Crippen LogP contribution in [0, 0.1) is 0 Å². The molecule has 2 heteroatoms. The third kappa shape index (κ3) is 2.27. The minimum atomic E-state index is -0.125. The molecule has 0 bridgehead atoms. The lowest BCUT2D eigenvalue weighted by atomic mass is 9.94. The molecule has 17 heavy (non-hydrogen) atoms. The van der Waals surface area contributed by atoms with E-state index in [-0.39, 0.29) is 12.4 Å². The summed E-state index contributed by atoms with van der Waals surface area (Å²) >= 11 is 0. The van der Waals surface area contributed by atoms with Crippen LogP contribution in [0.3, 0.4) is 0 Å². The van der Waals surface area contributed by atoms with E-state index in [4.69, 9.17) is 0 Å². The van der Waals surface area contributed by atoms with Gasteiger partial charge < -0.3 is 5.11 Å². The largest absolute Gasteiger partial charge is 0.392 e. The molecule has 86 valence electrons. The van der Waals surface area contributed by atoms with Crippen molar-refractivity contribution >= 4 is 5.78 Å². The molecule has 0 saturated heterocycles. The Kier molecular flexibility index (Phi) is 3.35. The number of aliphatic hydroxyl groups is 1. The number of carbonyl (C=O) groups excluding carboxylic acids is 1. The van der Waals surface area contributed by atoms with Crippen LogP contribution in [0.1, 0.15) is 22.8 Å². The fourth-order valence-corrected chi connectivity index (χ4v) is 1.98. The Hall–Kier alpha value is -1.93. The summed E-state index contributed by atoms with van der Waals surface area (Å²) in [5, 5.41) is 9.46. The lowest BCUT2D eigenvalue weighted by Gasteiger charge is -2.11. The van der Waals surface area contributed by atoms with E-state index in [1.807, 2.05) is 42.5 Å². The van der Waals surface area contributed by atoms with Crippen LogP contribution in [0.5, 0.6) is 0 Å². The zero-order valence-electron chi connectivity index (χ0n) is 9.68. The van der Waals surface area contributed by atoms with E-state index in [2.05, 4.69) is 0 Å². The highest BCUT2D eigenvalue weighted by Crippen LogP contribution is 2.26. The molecular formula is C15H14O2. The number of carbonyl (C=O) groups is 1. The van der Waals surface area contributed by atoms with Gasteiger partial charge in [-0.3, -0.25) is 4.79 Å². The highest BCUT2D eigenvalue weighted by Gasteiger charge is 2.11. The molecule has 0 radical (unpaired) electrons. The Labute approximate surface area is 101 Å². The van der Waals surface area contributed by atoms with Crippen molar-refractivity contribution < 1.29 is 9.90 Å². The molecule has 0 unspecified atom stereocenters. The van der Waals surface area contributed by atoms with Crippen LogP contribution < -0.4 is 0 Å². The summed E-state index contributed by atoms with van der Waals surface area (Å²) < 4.78 is 0. The molecule has 2 aromatic rings. The van der Waals surface area contributed by atoms with Gasteiger partial charge in [-0.2, -0.15) is 0 Å². The van der Waals surface area contributed by atoms with Crippen molar-refractivity contribution in [2.75, 3.05) is 0 Å². The molecule has 0 heterocycles. The smallest absolute Gasteiger partial charge is 0.160 e. The van der Waals surface area contributed by atoms with Gasteiger partial charge in [0.2, 0.25) is 0 Å². The van der Waals surface area contributed by atoms with Gasteiger partial charge in [0.25, 0.3) is 0 Å². The van der Waals surface area contributed by atoms with E-state index in [9.17, 15) is 9.90 Å². The second-order valence-electron chi connectivity index (χ2n) is 3.91. The van der Waals surface area contributed by atoms with Crippen molar-refractivity contribution in [3.05, 3.63) is 59.7 Å². The molecule has 0 aromatic heterocycles. The molecular weight excluding hydrogens is 212 g/mol. The second kappa shape index (κ2) is 4.93. The molecule has 0 spiro atoms. The molecule has 0 saturated carbocycles.